The lowest BCUT2D eigenvalue weighted by atomic mass is 9.63. The second-order valence-electron chi connectivity index (χ2n) is 13.9. The molecule has 6 rings (SSSR count). The van der Waals surface area contributed by atoms with Gasteiger partial charge in [0.2, 0.25) is 5.91 Å². The van der Waals surface area contributed by atoms with E-state index < -0.39 is 11.7 Å². The van der Waals surface area contributed by atoms with Crippen LogP contribution < -0.4 is 10.6 Å². The molecule has 0 radical (unpaired) electrons. The summed E-state index contributed by atoms with van der Waals surface area (Å²) in [5.41, 5.74) is 1.25. The molecular weight excluding hydrogens is 625 g/mol. The highest BCUT2D eigenvalue weighted by atomic mass is 35.5. The molecule has 3 aliphatic rings. The lowest BCUT2D eigenvalue weighted by Gasteiger charge is -2.48. The number of benzene rings is 2. The number of rotatable bonds is 10. The Bertz CT molecular complexity index is 1410. The molecule has 2 aromatic carbocycles. The molecule has 3 aromatic rings. The van der Waals surface area contributed by atoms with Crippen LogP contribution in [0.1, 0.15) is 81.8 Å². The van der Waals surface area contributed by atoms with Gasteiger partial charge in [-0.2, -0.15) is 18.3 Å². The maximum Gasteiger partial charge on any atom is 0.416 e. The molecule has 2 heterocycles. The molecule has 3 fully saturated rings. The van der Waals surface area contributed by atoms with Crippen LogP contribution in [0.3, 0.4) is 0 Å². The Balaban J connectivity index is 1.09. The van der Waals surface area contributed by atoms with E-state index in [1.54, 1.807) is 6.33 Å². The third kappa shape index (κ3) is 8.68. The molecule has 0 spiro atoms. The number of hydrogen-bond acceptors (Lipinski definition) is 5. The fourth-order valence-corrected chi connectivity index (χ4v) is 8.32. The molecule has 1 aromatic heterocycles. The number of halogens is 4. The van der Waals surface area contributed by atoms with Crippen LogP contribution in [0.2, 0.25) is 5.02 Å². The number of nitrogens with one attached hydrogen (secondary N) is 2. The Morgan fingerprint density at radius 2 is 1.57 bits per heavy atom. The lowest BCUT2D eigenvalue weighted by Crippen LogP contribution is -2.55. The van der Waals surface area contributed by atoms with Crippen LogP contribution >= 0.6 is 11.6 Å². The van der Waals surface area contributed by atoms with Gasteiger partial charge in [0.1, 0.15) is 12.7 Å². The fourth-order valence-electron chi connectivity index (χ4n) is 8.19. The van der Waals surface area contributed by atoms with Crippen molar-refractivity contribution in [3.63, 3.8) is 0 Å². The molecule has 11 heteroatoms. The number of anilines is 1. The van der Waals surface area contributed by atoms with Crippen molar-refractivity contribution in [1.82, 2.24) is 25.0 Å². The normalized spacial score (nSPS) is 22.9. The van der Waals surface area contributed by atoms with Crippen LogP contribution in [0, 0.1) is 11.3 Å². The monoisotopic (exact) mass is 670 g/mol. The first-order valence-electron chi connectivity index (χ1n) is 17.2. The van der Waals surface area contributed by atoms with Gasteiger partial charge in [-0.1, -0.05) is 43.0 Å². The van der Waals surface area contributed by atoms with Gasteiger partial charge in [0, 0.05) is 42.4 Å². The van der Waals surface area contributed by atoms with Gasteiger partial charge in [0.05, 0.1) is 11.6 Å². The standard InChI is InChI=1S/C36H46ClF3N6O/c37-29-10-6-26(7-11-29)22-33(44-32-16-14-31(15-17-32)43-30-12-8-28(9-13-30)36(38,39)40)34(47)45-20-18-35(19-21-45,23-46-25-41-24-42-46)27-4-2-1-3-5-27/h6-13,24-25,27,31-33,43-44H,1-5,14-23H2/t31-,32-,33-/m1/s1. The molecule has 1 amide bonds. The summed E-state index contributed by atoms with van der Waals surface area (Å²) in [6.45, 7) is 2.34. The zero-order valence-corrected chi connectivity index (χ0v) is 27.7. The van der Waals surface area contributed by atoms with Gasteiger partial charge < -0.3 is 15.5 Å². The number of aromatic nitrogens is 3. The van der Waals surface area contributed by atoms with E-state index in [0.717, 1.165) is 75.9 Å². The van der Waals surface area contributed by atoms with Crippen molar-refractivity contribution in [3.8, 4) is 0 Å². The van der Waals surface area contributed by atoms with Crippen molar-refractivity contribution in [2.24, 2.45) is 11.3 Å². The highest BCUT2D eigenvalue weighted by Gasteiger charge is 2.44. The smallest absolute Gasteiger partial charge is 0.382 e. The Hall–Kier alpha value is -3.11. The first-order valence-corrected chi connectivity index (χ1v) is 17.6. The van der Waals surface area contributed by atoms with Crippen LogP contribution in [-0.2, 0) is 23.9 Å². The molecule has 2 saturated carbocycles. The van der Waals surface area contributed by atoms with E-state index in [4.69, 9.17) is 11.6 Å². The minimum absolute atomic E-state index is 0.127. The number of alkyl halides is 3. The molecule has 0 unspecified atom stereocenters. The Kier molecular flexibility index (Phi) is 10.8. The molecule has 254 valence electrons. The molecule has 47 heavy (non-hydrogen) atoms. The zero-order chi connectivity index (χ0) is 32.9. The maximum atomic E-state index is 14.3. The number of nitrogens with zero attached hydrogens (tertiary/aromatic N) is 4. The average Bonchev–Trinajstić information content (AvgIpc) is 3.59. The third-order valence-corrected chi connectivity index (χ3v) is 11.1. The van der Waals surface area contributed by atoms with Crippen LogP contribution in [0.25, 0.3) is 0 Å². The number of piperidine rings is 1. The van der Waals surface area contributed by atoms with E-state index in [9.17, 15) is 18.0 Å². The quantitative estimate of drug-likeness (QED) is 0.231. The summed E-state index contributed by atoms with van der Waals surface area (Å²) >= 11 is 6.17. The van der Waals surface area contributed by atoms with Crippen LogP contribution in [0.4, 0.5) is 18.9 Å². The number of carbonyl (C=O) groups excluding carboxylic acids is 1. The van der Waals surface area contributed by atoms with Crippen molar-refractivity contribution in [3.05, 3.63) is 77.3 Å². The average molecular weight is 671 g/mol. The minimum Gasteiger partial charge on any atom is -0.382 e. The van der Waals surface area contributed by atoms with Crippen molar-refractivity contribution >= 4 is 23.2 Å². The fraction of sp³-hybridized carbons (Fsp3) is 0.583. The largest absolute Gasteiger partial charge is 0.416 e. The van der Waals surface area contributed by atoms with Crippen molar-refractivity contribution < 1.29 is 18.0 Å². The predicted molar refractivity (Wildman–Crippen MR) is 178 cm³/mol. The van der Waals surface area contributed by atoms with E-state index in [2.05, 4.69) is 25.6 Å². The van der Waals surface area contributed by atoms with E-state index in [-0.39, 0.29) is 29.4 Å². The highest BCUT2D eigenvalue weighted by molar-refractivity contribution is 6.30. The summed E-state index contributed by atoms with van der Waals surface area (Å²) in [6.07, 6.45) is 11.5. The van der Waals surface area contributed by atoms with Crippen LogP contribution in [-0.4, -0.2) is 56.8 Å². The van der Waals surface area contributed by atoms with E-state index in [1.807, 2.05) is 35.3 Å². The van der Waals surface area contributed by atoms with E-state index >= 15 is 0 Å². The van der Waals surface area contributed by atoms with Gasteiger partial charge in [-0.3, -0.25) is 9.48 Å². The van der Waals surface area contributed by atoms with Crippen molar-refractivity contribution in [2.45, 2.75) is 108 Å². The number of hydrogen-bond donors (Lipinski definition) is 2. The topological polar surface area (TPSA) is 75.1 Å². The minimum atomic E-state index is -4.34. The predicted octanol–water partition coefficient (Wildman–Crippen LogP) is 7.76. The van der Waals surface area contributed by atoms with Crippen molar-refractivity contribution in [2.75, 3.05) is 18.4 Å². The summed E-state index contributed by atoms with van der Waals surface area (Å²) in [5, 5.41) is 12.3. The molecule has 1 saturated heterocycles. The van der Waals surface area contributed by atoms with E-state index in [0.29, 0.717) is 23.0 Å². The zero-order valence-electron chi connectivity index (χ0n) is 26.9. The van der Waals surface area contributed by atoms with Crippen molar-refractivity contribution in [1.29, 1.82) is 0 Å². The number of amides is 1. The molecule has 1 atom stereocenters. The Labute approximate surface area is 280 Å². The molecule has 2 N–H and O–H groups in total. The van der Waals surface area contributed by atoms with Gasteiger partial charge in [-0.25, -0.2) is 4.98 Å². The van der Waals surface area contributed by atoms with Crippen LogP contribution in [0.5, 0.6) is 0 Å². The summed E-state index contributed by atoms with van der Waals surface area (Å²) in [6, 6.07) is 13.0. The molecule has 7 nitrogen and oxygen atoms in total. The summed E-state index contributed by atoms with van der Waals surface area (Å²) in [5.74, 6) is 0.801. The van der Waals surface area contributed by atoms with Gasteiger partial charge in [0.15, 0.2) is 0 Å². The SMILES string of the molecule is O=C([C@@H](Cc1ccc(Cl)cc1)N[C@H]1CC[C@H](Nc2ccc(C(F)(F)F)cc2)CC1)N1CCC(Cn2cncn2)(C2CCCCC2)CC1. The number of likely N-dealkylation sites (tertiary alicyclic amines) is 1. The molecule has 0 bridgehead atoms. The summed E-state index contributed by atoms with van der Waals surface area (Å²) < 4.78 is 40.9. The summed E-state index contributed by atoms with van der Waals surface area (Å²) in [4.78, 5) is 20.5. The Morgan fingerprint density at radius 1 is 0.915 bits per heavy atom. The second-order valence-corrected chi connectivity index (χ2v) is 14.4. The highest BCUT2D eigenvalue weighted by Crippen LogP contribution is 2.47. The van der Waals surface area contributed by atoms with Gasteiger partial charge in [-0.15, -0.1) is 0 Å². The number of carbonyl (C=O) groups is 1. The van der Waals surface area contributed by atoms with Gasteiger partial charge in [-0.05, 0) is 111 Å². The lowest BCUT2D eigenvalue weighted by molar-refractivity contribution is -0.138. The first kappa shape index (κ1) is 33.8. The second kappa shape index (κ2) is 15.0. The maximum absolute atomic E-state index is 14.3. The molecular formula is C36H46ClF3N6O. The van der Waals surface area contributed by atoms with E-state index in [1.165, 1.54) is 44.2 Å². The van der Waals surface area contributed by atoms with Gasteiger partial charge in [0.25, 0.3) is 0 Å². The third-order valence-electron chi connectivity index (χ3n) is 10.9. The Morgan fingerprint density at radius 3 is 2.19 bits per heavy atom. The summed E-state index contributed by atoms with van der Waals surface area (Å²) in [7, 11) is 0. The molecule has 2 aliphatic carbocycles. The first-order chi connectivity index (χ1) is 22.7. The molecule has 1 aliphatic heterocycles. The van der Waals surface area contributed by atoms with Gasteiger partial charge >= 0.3 is 6.18 Å². The van der Waals surface area contributed by atoms with Crippen LogP contribution in [0.15, 0.2) is 61.2 Å².